The molecule has 16 heavy (non-hydrogen) atoms. The highest BCUT2D eigenvalue weighted by molar-refractivity contribution is 5.33. The van der Waals surface area contributed by atoms with E-state index in [0.29, 0.717) is 5.92 Å². The van der Waals surface area contributed by atoms with E-state index in [2.05, 4.69) is 46.1 Å². The Morgan fingerprint density at radius 3 is 2.56 bits per heavy atom. The lowest BCUT2D eigenvalue weighted by Crippen LogP contribution is -2.04. The van der Waals surface area contributed by atoms with Gasteiger partial charge < -0.3 is 4.57 Å². The van der Waals surface area contributed by atoms with E-state index < -0.39 is 0 Å². The molecule has 0 radical (unpaired) electrons. The Morgan fingerprint density at radius 1 is 1.06 bits per heavy atom. The maximum absolute atomic E-state index is 4.54. The molecular formula is C14H16N2. The van der Waals surface area contributed by atoms with E-state index in [0.717, 1.165) is 0 Å². The molecule has 1 saturated carbocycles. The normalized spacial score (nSPS) is 16.8. The Labute approximate surface area is 95.9 Å². The fraction of sp³-hybridized carbons (Fsp3) is 0.357. The van der Waals surface area contributed by atoms with Crippen molar-refractivity contribution in [1.29, 1.82) is 0 Å². The van der Waals surface area contributed by atoms with E-state index in [4.69, 9.17) is 0 Å². The molecule has 1 aliphatic carbocycles. The fourth-order valence-electron chi connectivity index (χ4n) is 2.61. The number of imidazole rings is 1. The van der Waals surface area contributed by atoms with Gasteiger partial charge in [0.2, 0.25) is 0 Å². The van der Waals surface area contributed by atoms with Crippen LogP contribution in [0.3, 0.4) is 0 Å². The van der Waals surface area contributed by atoms with Crippen LogP contribution in [0.25, 0.3) is 5.69 Å². The lowest BCUT2D eigenvalue weighted by Gasteiger charge is -2.12. The van der Waals surface area contributed by atoms with Crippen LogP contribution >= 0.6 is 0 Å². The van der Waals surface area contributed by atoms with E-state index in [1.165, 1.54) is 37.2 Å². The molecule has 1 aromatic carbocycles. The molecule has 2 heteroatoms. The summed E-state index contributed by atoms with van der Waals surface area (Å²) >= 11 is 0. The number of para-hydroxylation sites is 1. The number of nitrogens with zero attached hydrogens (tertiary/aromatic N) is 2. The van der Waals surface area contributed by atoms with Crippen molar-refractivity contribution in [1.82, 2.24) is 9.55 Å². The number of rotatable bonds is 2. The average Bonchev–Trinajstić information content (AvgIpc) is 3.01. The van der Waals surface area contributed by atoms with Crippen LogP contribution in [0.5, 0.6) is 0 Å². The van der Waals surface area contributed by atoms with Gasteiger partial charge in [0, 0.05) is 24.0 Å². The molecular weight excluding hydrogens is 196 g/mol. The second-order valence-electron chi connectivity index (χ2n) is 4.47. The molecule has 1 aliphatic rings. The van der Waals surface area contributed by atoms with Crippen LogP contribution in [-0.2, 0) is 0 Å². The molecule has 0 bridgehead atoms. The number of aromatic nitrogens is 2. The lowest BCUT2D eigenvalue weighted by molar-refractivity contribution is 0.655. The van der Waals surface area contributed by atoms with Gasteiger partial charge in [-0.2, -0.15) is 0 Å². The summed E-state index contributed by atoms with van der Waals surface area (Å²) in [4.78, 5) is 4.54. The molecule has 1 heterocycles. The van der Waals surface area contributed by atoms with Gasteiger partial charge in [-0.25, -0.2) is 4.98 Å². The van der Waals surface area contributed by atoms with Gasteiger partial charge in [-0.05, 0) is 25.0 Å². The van der Waals surface area contributed by atoms with Crippen LogP contribution in [0.1, 0.15) is 37.4 Å². The first-order chi connectivity index (χ1) is 7.95. The van der Waals surface area contributed by atoms with Crippen molar-refractivity contribution >= 4 is 0 Å². The van der Waals surface area contributed by atoms with E-state index in [1.54, 1.807) is 0 Å². The third kappa shape index (κ3) is 1.64. The van der Waals surface area contributed by atoms with Crippen LogP contribution in [0.4, 0.5) is 0 Å². The van der Waals surface area contributed by atoms with Crippen LogP contribution in [0.2, 0.25) is 0 Å². The van der Waals surface area contributed by atoms with Gasteiger partial charge in [-0.1, -0.05) is 31.0 Å². The Morgan fingerprint density at radius 2 is 1.81 bits per heavy atom. The second-order valence-corrected chi connectivity index (χ2v) is 4.47. The van der Waals surface area contributed by atoms with Crippen molar-refractivity contribution in [2.24, 2.45) is 0 Å². The van der Waals surface area contributed by atoms with Gasteiger partial charge in [-0.3, -0.25) is 0 Å². The summed E-state index contributed by atoms with van der Waals surface area (Å²) in [5.74, 6) is 1.90. The molecule has 2 aromatic rings. The molecule has 0 spiro atoms. The molecule has 82 valence electrons. The second kappa shape index (κ2) is 4.12. The Hall–Kier alpha value is -1.57. The van der Waals surface area contributed by atoms with Crippen molar-refractivity contribution in [3.63, 3.8) is 0 Å². The minimum atomic E-state index is 0.662. The first-order valence-corrected chi connectivity index (χ1v) is 6.04. The summed E-state index contributed by atoms with van der Waals surface area (Å²) in [6.45, 7) is 0. The van der Waals surface area contributed by atoms with Gasteiger partial charge in [0.25, 0.3) is 0 Å². The molecule has 0 atom stereocenters. The number of hydrogen-bond donors (Lipinski definition) is 0. The Balaban J connectivity index is 1.99. The quantitative estimate of drug-likeness (QED) is 0.744. The van der Waals surface area contributed by atoms with Crippen LogP contribution in [0.15, 0.2) is 42.7 Å². The highest BCUT2D eigenvalue weighted by Crippen LogP contribution is 2.33. The first kappa shape index (κ1) is 9.64. The van der Waals surface area contributed by atoms with E-state index in [-0.39, 0.29) is 0 Å². The zero-order chi connectivity index (χ0) is 10.8. The zero-order valence-corrected chi connectivity index (χ0v) is 9.34. The van der Waals surface area contributed by atoms with Gasteiger partial charge >= 0.3 is 0 Å². The summed E-state index contributed by atoms with van der Waals surface area (Å²) in [7, 11) is 0. The minimum absolute atomic E-state index is 0.662. The predicted molar refractivity (Wildman–Crippen MR) is 64.8 cm³/mol. The topological polar surface area (TPSA) is 17.8 Å². The van der Waals surface area contributed by atoms with E-state index >= 15 is 0 Å². The van der Waals surface area contributed by atoms with Crippen molar-refractivity contribution in [2.45, 2.75) is 31.6 Å². The largest absolute Gasteiger partial charge is 0.304 e. The van der Waals surface area contributed by atoms with Crippen molar-refractivity contribution in [3.8, 4) is 5.69 Å². The van der Waals surface area contributed by atoms with Crippen molar-refractivity contribution in [3.05, 3.63) is 48.5 Å². The molecule has 0 saturated heterocycles. The standard InChI is InChI=1S/C14H16N2/c1-2-8-13(9-3-1)16-11-10-15-14(16)12-6-4-5-7-12/h1-3,8-12H,4-7H2. The van der Waals surface area contributed by atoms with Crippen LogP contribution < -0.4 is 0 Å². The molecule has 1 aromatic heterocycles. The summed E-state index contributed by atoms with van der Waals surface area (Å²) < 4.78 is 2.23. The average molecular weight is 212 g/mol. The molecule has 0 amide bonds. The fourth-order valence-corrected chi connectivity index (χ4v) is 2.61. The van der Waals surface area contributed by atoms with Crippen molar-refractivity contribution in [2.75, 3.05) is 0 Å². The molecule has 3 rings (SSSR count). The lowest BCUT2D eigenvalue weighted by atomic mass is 10.1. The number of benzene rings is 1. The predicted octanol–water partition coefficient (Wildman–Crippen LogP) is 3.53. The maximum Gasteiger partial charge on any atom is 0.116 e. The number of hydrogen-bond acceptors (Lipinski definition) is 1. The maximum atomic E-state index is 4.54. The van der Waals surface area contributed by atoms with E-state index in [1.807, 2.05) is 6.20 Å². The Bertz CT molecular complexity index is 453. The van der Waals surface area contributed by atoms with E-state index in [9.17, 15) is 0 Å². The summed E-state index contributed by atoms with van der Waals surface area (Å²) in [5.41, 5.74) is 1.22. The highest BCUT2D eigenvalue weighted by atomic mass is 15.1. The monoisotopic (exact) mass is 212 g/mol. The SMILES string of the molecule is c1ccc(-n2ccnc2C2CCCC2)cc1. The minimum Gasteiger partial charge on any atom is -0.304 e. The Kier molecular flexibility index (Phi) is 2.49. The summed E-state index contributed by atoms with van der Waals surface area (Å²) in [6.07, 6.45) is 9.29. The van der Waals surface area contributed by atoms with Gasteiger partial charge in [0.05, 0.1) is 0 Å². The van der Waals surface area contributed by atoms with Crippen LogP contribution in [-0.4, -0.2) is 9.55 Å². The summed E-state index contributed by atoms with van der Waals surface area (Å²) in [6, 6.07) is 10.5. The molecule has 0 unspecified atom stereocenters. The summed E-state index contributed by atoms with van der Waals surface area (Å²) in [5, 5.41) is 0. The third-order valence-corrected chi connectivity index (χ3v) is 3.42. The smallest absolute Gasteiger partial charge is 0.116 e. The third-order valence-electron chi connectivity index (χ3n) is 3.42. The highest BCUT2D eigenvalue weighted by Gasteiger charge is 2.21. The van der Waals surface area contributed by atoms with Gasteiger partial charge in [0.1, 0.15) is 5.82 Å². The van der Waals surface area contributed by atoms with Gasteiger partial charge in [0.15, 0.2) is 0 Å². The molecule has 1 fully saturated rings. The van der Waals surface area contributed by atoms with Gasteiger partial charge in [-0.15, -0.1) is 0 Å². The molecule has 0 N–H and O–H groups in total. The molecule has 2 nitrogen and oxygen atoms in total. The van der Waals surface area contributed by atoms with Crippen molar-refractivity contribution < 1.29 is 0 Å². The zero-order valence-electron chi connectivity index (χ0n) is 9.34. The van der Waals surface area contributed by atoms with Crippen LogP contribution in [0, 0.1) is 0 Å². The molecule has 0 aliphatic heterocycles. The first-order valence-electron chi connectivity index (χ1n) is 6.04.